The number of rotatable bonds is 4. The van der Waals surface area contributed by atoms with E-state index in [9.17, 15) is 4.79 Å². The maximum Gasteiger partial charge on any atom is 0.327 e. The van der Waals surface area contributed by atoms with Gasteiger partial charge in [0.1, 0.15) is 5.54 Å². The maximum atomic E-state index is 11.4. The van der Waals surface area contributed by atoms with Gasteiger partial charge in [-0.2, -0.15) is 0 Å². The zero-order chi connectivity index (χ0) is 9.19. The van der Waals surface area contributed by atoms with Crippen LogP contribution in [-0.4, -0.2) is 18.1 Å². The number of hydrogen-bond donors (Lipinski definition) is 1. The summed E-state index contributed by atoms with van der Waals surface area (Å²) in [7, 11) is 0. The monoisotopic (exact) mass is 281 g/mol. The fourth-order valence-electron chi connectivity index (χ4n) is 1.21. The van der Waals surface area contributed by atoms with Crippen LogP contribution < -0.4 is 3.53 Å². The van der Waals surface area contributed by atoms with Crippen LogP contribution in [0.4, 0.5) is 0 Å². The van der Waals surface area contributed by atoms with E-state index in [1.165, 1.54) is 0 Å². The first-order chi connectivity index (χ1) is 5.71. The summed E-state index contributed by atoms with van der Waals surface area (Å²) in [5.41, 5.74) is -0.474. The van der Waals surface area contributed by atoms with Crippen LogP contribution in [0.2, 0.25) is 0 Å². The zero-order valence-corrected chi connectivity index (χ0v) is 9.13. The fraction of sp³-hybridized carbons (Fsp3) is 0.625. The van der Waals surface area contributed by atoms with Gasteiger partial charge in [-0.1, -0.05) is 6.08 Å². The van der Waals surface area contributed by atoms with E-state index >= 15 is 0 Å². The molecule has 1 saturated carbocycles. The molecule has 4 heteroatoms. The minimum atomic E-state index is -0.474. The molecule has 1 aliphatic rings. The average Bonchev–Trinajstić information content (AvgIpc) is 2.80. The van der Waals surface area contributed by atoms with Crippen molar-refractivity contribution in [2.75, 3.05) is 6.61 Å². The van der Waals surface area contributed by atoms with Gasteiger partial charge in [-0.15, -0.1) is 6.58 Å². The van der Waals surface area contributed by atoms with Gasteiger partial charge < -0.3 is 4.74 Å². The van der Waals surface area contributed by atoms with E-state index in [-0.39, 0.29) is 11.9 Å². The quantitative estimate of drug-likeness (QED) is 0.367. The van der Waals surface area contributed by atoms with Gasteiger partial charge in [0.25, 0.3) is 0 Å². The Morgan fingerprint density at radius 1 is 2.00 bits per heavy atom. The smallest absolute Gasteiger partial charge is 0.327 e. The molecule has 12 heavy (non-hydrogen) atoms. The highest BCUT2D eigenvalue weighted by molar-refractivity contribution is 14.1. The van der Waals surface area contributed by atoms with Crippen molar-refractivity contribution in [2.24, 2.45) is 5.92 Å². The van der Waals surface area contributed by atoms with Crippen LogP contribution in [0.3, 0.4) is 0 Å². The number of nitrogens with one attached hydrogen (secondary N) is 1. The molecule has 0 aromatic heterocycles. The maximum absolute atomic E-state index is 11.4. The Bertz CT molecular complexity index is 207. The summed E-state index contributed by atoms with van der Waals surface area (Å²) in [6, 6.07) is 0. The van der Waals surface area contributed by atoms with Crippen molar-refractivity contribution in [1.29, 1.82) is 0 Å². The molecule has 0 aliphatic heterocycles. The molecule has 0 bridgehead atoms. The Kier molecular flexibility index (Phi) is 3.11. The van der Waals surface area contributed by atoms with E-state index in [1.807, 2.05) is 29.8 Å². The SMILES string of the molecule is C=C[C@@H]1C[C@]1(NI)C(=O)OCC. The third kappa shape index (κ3) is 1.50. The number of ether oxygens (including phenoxy) is 1. The molecule has 0 aromatic rings. The molecule has 0 saturated heterocycles. The predicted molar refractivity (Wildman–Crippen MR) is 54.8 cm³/mol. The molecular weight excluding hydrogens is 269 g/mol. The van der Waals surface area contributed by atoms with Crippen LogP contribution in [0, 0.1) is 5.92 Å². The van der Waals surface area contributed by atoms with Gasteiger partial charge in [-0.05, 0) is 13.3 Å². The Labute approximate surface area is 86.0 Å². The van der Waals surface area contributed by atoms with Gasteiger partial charge >= 0.3 is 5.97 Å². The molecule has 1 rings (SSSR count). The lowest BCUT2D eigenvalue weighted by Gasteiger charge is -2.11. The first-order valence-corrected chi connectivity index (χ1v) is 4.96. The number of carbonyl (C=O) groups is 1. The molecule has 68 valence electrons. The minimum absolute atomic E-state index is 0.163. The summed E-state index contributed by atoms with van der Waals surface area (Å²) >= 11 is 1.99. The molecular formula is C8H12INO2. The topological polar surface area (TPSA) is 38.3 Å². The molecule has 2 atom stereocenters. The Morgan fingerprint density at radius 2 is 2.67 bits per heavy atom. The summed E-state index contributed by atoms with van der Waals surface area (Å²) < 4.78 is 7.90. The minimum Gasteiger partial charge on any atom is -0.465 e. The standard InChI is InChI=1S/C8H12INO2/c1-3-6-5-8(6,10-9)7(11)12-4-2/h3,6,10H,1,4-5H2,2H3/t6-,8-/m1/s1. The second-order valence-corrected chi connectivity index (χ2v) is 3.37. The van der Waals surface area contributed by atoms with E-state index < -0.39 is 5.54 Å². The molecule has 0 aromatic carbocycles. The Balaban J connectivity index is 2.58. The van der Waals surface area contributed by atoms with Crippen LogP contribution in [0.1, 0.15) is 13.3 Å². The molecule has 1 N–H and O–H groups in total. The molecule has 3 nitrogen and oxygen atoms in total. The lowest BCUT2D eigenvalue weighted by atomic mass is 10.2. The van der Waals surface area contributed by atoms with Crippen molar-refractivity contribution in [1.82, 2.24) is 3.53 Å². The highest BCUT2D eigenvalue weighted by atomic mass is 127. The zero-order valence-electron chi connectivity index (χ0n) is 6.97. The normalized spacial score (nSPS) is 32.7. The van der Waals surface area contributed by atoms with Crippen LogP contribution in [0.15, 0.2) is 12.7 Å². The van der Waals surface area contributed by atoms with Crippen molar-refractivity contribution in [3.63, 3.8) is 0 Å². The van der Waals surface area contributed by atoms with Gasteiger partial charge in [-0.3, -0.25) is 0 Å². The third-order valence-corrected chi connectivity index (χ3v) is 3.07. The van der Waals surface area contributed by atoms with Crippen molar-refractivity contribution >= 4 is 28.8 Å². The van der Waals surface area contributed by atoms with Gasteiger partial charge in [-0.25, -0.2) is 8.32 Å². The number of carbonyl (C=O) groups excluding carboxylic acids is 1. The highest BCUT2D eigenvalue weighted by Crippen LogP contribution is 2.45. The molecule has 1 fully saturated rings. The van der Waals surface area contributed by atoms with Crippen LogP contribution in [-0.2, 0) is 9.53 Å². The number of hydrogen-bond acceptors (Lipinski definition) is 3. The van der Waals surface area contributed by atoms with Gasteiger partial charge in [0.15, 0.2) is 0 Å². The van der Waals surface area contributed by atoms with Crippen molar-refractivity contribution < 1.29 is 9.53 Å². The van der Waals surface area contributed by atoms with Crippen molar-refractivity contribution in [2.45, 2.75) is 18.9 Å². The molecule has 0 heterocycles. The van der Waals surface area contributed by atoms with Gasteiger partial charge in [0.2, 0.25) is 0 Å². The first kappa shape index (κ1) is 9.98. The van der Waals surface area contributed by atoms with Crippen molar-refractivity contribution in [3.05, 3.63) is 12.7 Å². The molecule has 0 spiro atoms. The predicted octanol–water partition coefficient (Wildman–Crippen LogP) is 1.43. The average molecular weight is 281 g/mol. The first-order valence-electron chi connectivity index (χ1n) is 3.89. The second-order valence-electron chi connectivity index (χ2n) is 2.83. The lowest BCUT2D eigenvalue weighted by molar-refractivity contribution is -0.146. The number of halogens is 1. The lowest BCUT2D eigenvalue weighted by Crippen LogP contribution is -2.36. The molecule has 0 unspecified atom stereocenters. The van der Waals surface area contributed by atoms with Crippen LogP contribution in [0.5, 0.6) is 0 Å². The van der Waals surface area contributed by atoms with Gasteiger partial charge in [0, 0.05) is 28.8 Å². The summed E-state index contributed by atoms with van der Waals surface area (Å²) in [5, 5.41) is 0. The number of esters is 1. The summed E-state index contributed by atoms with van der Waals surface area (Å²) in [4.78, 5) is 11.4. The summed E-state index contributed by atoms with van der Waals surface area (Å²) in [5.74, 6) is 0.0674. The third-order valence-electron chi connectivity index (χ3n) is 2.11. The van der Waals surface area contributed by atoms with E-state index in [1.54, 1.807) is 6.08 Å². The fourth-order valence-corrected chi connectivity index (χ4v) is 2.05. The van der Waals surface area contributed by atoms with E-state index in [0.717, 1.165) is 6.42 Å². The largest absolute Gasteiger partial charge is 0.465 e. The van der Waals surface area contributed by atoms with E-state index in [4.69, 9.17) is 4.74 Å². The summed E-state index contributed by atoms with van der Waals surface area (Å²) in [6.45, 7) is 5.90. The Morgan fingerprint density at radius 3 is 3.00 bits per heavy atom. The molecule has 1 aliphatic carbocycles. The van der Waals surface area contributed by atoms with E-state index in [0.29, 0.717) is 6.61 Å². The van der Waals surface area contributed by atoms with Crippen LogP contribution >= 0.6 is 22.9 Å². The molecule has 0 amide bonds. The second kappa shape index (κ2) is 3.74. The van der Waals surface area contributed by atoms with Crippen molar-refractivity contribution in [3.8, 4) is 0 Å². The van der Waals surface area contributed by atoms with E-state index in [2.05, 4.69) is 10.1 Å². The van der Waals surface area contributed by atoms with Crippen LogP contribution in [0.25, 0.3) is 0 Å². The van der Waals surface area contributed by atoms with Gasteiger partial charge in [0.05, 0.1) is 6.61 Å². The Hall–Kier alpha value is -0.100. The molecule has 0 radical (unpaired) electrons. The highest BCUT2D eigenvalue weighted by Gasteiger charge is 2.59. The summed E-state index contributed by atoms with van der Waals surface area (Å²) in [6.07, 6.45) is 2.60.